The Labute approximate surface area is 68.6 Å². The van der Waals surface area contributed by atoms with Crippen molar-refractivity contribution in [3.63, 3.8) is 0 Å². The fraction of sp³-hybridized carbons (Fsp3) is 0.250. The third-order valence-electron chi connectivity index (χ3n) is 1.43. The minimum Gasteiger partial charge on any atom is -0.207 e. The maximum Gasteiger partial charge on any atom is 0.139 e. The van der Waals surface area contributed by atoms with Crippen LogP contribution in [0.2, 0.25) is 0 Å². The predicted octanol–water partition coefficient (Wildman–Crippen LogP) is 3.00. The molecule has 0 amide bonds. The number of hydrogen-bond acceptors (Lipinski definition) is 1. The van der Waals surface area contributed by atoms with E-state index in [-0.39, 0.29) is 0 Å². The Morgan fingerprint density at radius 3 is 2.36 bits per heavy atom. The summed E-state index contributed by atoms with van der Waals surface area (Å²) >= 11 is 1.28. The summed E-state index contributed by atoms with van der Waals surface area (Å²) in [6, 6.07) is 2.43. The Hall–Kier alpha value is -0.570. The lowest BCUT2D eigenvalue weighted by atomic mass is 10.2. The molecular formula is C8H8F2S. The Bertz CT molecular complexity index is 271. The molecule has 1 aromatic rings. The molecule has 0 spiro atoms. The number of rotatable bonds is 1. The van der Waals surface area contributed by atoms with Gasteiger partial charge in [-0.25, -0.2) is 8.78 Å². The molecule has 3 heteroatoms. The summed E-state index contributed by atoms with van der Waals surface area (Å²) in [5.74, 6) is -0.971. The standard InChI is InChI=1S/C8H8F2S/c1-5-3-8(11-2)7(10)4-6(5)9/h3-4H,1-2H3. The maximum atomic E-state index is 12.8. The average molecular weight is 174 g/mol. The molecule has 0 radical (unpaired) electrons. The minimum absolute atomic E-state index is 0.482. The Kier molecular flexibility index (Phi) is 2.49. The molecule has 0 saturated carbocycles. The highest BCUT2D eigenvalue weighted by Crippen LogP contribution is 2.21. The van der Waals surface area contributed by atoms with Crippen LogP contribution >= 0.6 is 11.8 Å². The fourth-order valence-electron chi connectivity index (χ4n) is 0.787. The number of halogens is 2. The van der Waals surface area contributed by atoms with E-state index in [1.54, 1.807) is 13.2 Å². The largest absolute Gasteiger partial charge is 0.207 e. The highest BCUT2D eigenvalue weighted by Gasteiger charge is 2.04. The summed E-state index contributed by atoms with van der Waals surface area (Å²) in [6.45, 7) is 1.62. The van der Waals surface area contributed by atoms with Crippen molar-refractivity contribution < 1.29 is 8.78 Å². The van der Waals surface area contributed by atoms with Crippen molar-refractivity contribution in [2.45, 2.75) is 11.8 Å². The van der Waals surface area contributed by atoms with E-state index in [0.29, 0.717) is 10.5 Å². The minimum atomic E-state index is -0.486. The summed E-state index contributed by atoms with van der Waals surface area (Å²) < 4.78 is 25.4. The average Bonchev–Trinajstić information content (AvgIpc) is 1.97. The zero-order valence-corrected chi connectivity index (χ0v) is 7.14. The van der Waals surface area contributed by atoms with Gasteiger partial charge in [0.2, 0.25) is 0 Å². The van der Waals surface area contributed by atoms with E-state index in [4.69, 9.17) is 0 Å². The second kappa shape index (κ2) is 3.22. The van der Waals surface area contributed by atoms with Gasteiger partial charge in [-0.3, -0.25) is 0 Å². The van der Waals surface area contributed by atoms with Crippen LogP contribution in [0, 0.1) is 18.6 Å². The van der Waals surface area contributed by atoms with Crippen LogP contribution in [0.4, 0.5) is 8.78 Å². The number of benzene rings is 1. The van der Waals surface area contributed by atoms with Crippen LogP contribution < -0.4 is 0 Å². The number of hydrogen-bond donors (Lipinski definition) is 0. The van der Waals surface area contributed by atoms with Crippen molar-refractivity contribution >= 4 is 11.8 Å². The lowest BCUT2D eigenvalue weighted by Crippen LogP contribution is -1.87. The molecule has 1 rings (SSSR count). The molecule has 0 aliphatic heterocycles. The van der Waals surface area contributed by atoms with Crippen molar-refractivity contribution in [1.29, 1.82) is 0 Å². The first-order chi connectivity index (χ1) is 5.15. The number of thioether (sulfide) groups is 1. The number of aryl methyl sites for hydroxylation is 1. The Balaban J connectivity index is 3.21. The van der Waals surface area contributed by atoms with Crippen molar-refractivity contribution in [3.05, 3.63) is 29.3 Å². The van der Waals surface area contributed by atoms with Crippen LogP contribution in [-0.4, -0.2) is 6.26 Å². The Morgan fingerprint density at radius 1 is 1.18 bits per heavy atom. The van der Waals surface area contributed by atoms with Crippen LogP contribution in [0.25, 0.3) is 0 Å². The molecule has 0 aliphatic rings. The Morgan fingerprint density at radius 2 is 1.82 bits per heavy atom. The van der Waals surface area contributed by atoms with Gasteiger partial charge in [0.25, 0.3) is 0 Å². The second-order valence-electron chi connectivity index (χ2n) is 2.24. The third kappa shape index (κ3) is 1.71. The molecule has 0 bridgehead atoms. The van der Waals surface area contributed by atoms with Gasteiger partial charge in [-0.15, -0.1) is 11.8 Å². The topological polar surface area (TPSA) is 0 Å². The van der Waals surface area contributed by atoms with E-state index < -0.39 is 11.6 Å². The maximum absolute atomic E-state index is 12.8. The predicted molar refractivity (Wildman–Crippen MR) is 42.9 cm³/mol. The van der Waals surface area contributed by atoms with E-state index in [0.717, 1.165) is 6.07 Å². The van der Waals surface area contributed by atoms with Crippen LogP contribution in [0.3, 0.4) is 0 Å². The highest BCUT2D eigenvalue weighted by atomic mass is 32.2. The molecule has 11 heavy (non-hydrogen) atoms. The first-order valence-corrected chi connectivity index (χ1v) is 4.37. The van der Waals surface area contributed by atoms with E-state index in [1.165, 1.54) is 17.8 Å². The molecule has 0 saturated heterocycles. The van der Waals surface area contributed by atoms with Crippen LogP contribution in [0.1, 0.15) is 5.56 Å². The van der Waals surface area contributed by atoms with Gasteiger partial charge in [0.15, 0.2) is 0 Å². The second-order valence-corrected chi connectivity index (χ2v) is 3.08. The molecule has 0 aliphatic carbocycles. The first kappa shape index (κ1) is 8.53. The van der Waals surface area contributed by atoms with Gasteiger partial charge in [-0.2, -0.15) is 0 Å². The first-order valence-electron chi connectivity index (χ1n) is 3.15. The lowest BCUT2D eigenvalue weighted by molar-refractivity contribution is 0.560. The summed E-state index contributed by atoms with van der Waals surface area (Å²) in [5, 5.41) is 0. The molecule has 0 heterocycles. The highest BCUT2D eigenvalue weighted by molar-refractivity contribution is 7.98. The van der Waals surface area contributed by atoms with E-state index in [2.05, 4.69) is 0 Å². The van der Waals surface area contributed by atoms with Gasteiger partial charge in [-0.1, -0.05) is 0 Å². The monoisotopic (exact) mass is 174 g/mol. The van der Waals surface area contributed by atoms with Gasteiger partial charge < -0.3 is 0 Å². The van der Waals surface area contributed by atoms with Crippen molar-refractivity contribution in [2.24, 2.45) is 0 Å². The molecule has 0 nitrogen and oxygen atoms in total. The van der Waals surface area contributed by atoms with Gasteiger partial charge in [0.1, 0.15) is 11.6 Å². The molecule has 0 N–H and O–H groups in total. The van der Waals surface area contributed by atoms with Gasteiger partial charge in [0, 0.05) is 11.0 Å². The summed E-state index contributed by atoms with van der Waals surface area (Å²) in [6.07, 6.45) is 1.76. The van der Waals surface area contributed by atoms with E-state index in [9.17, 15) is 8.78 Å². The summed E-state index contributed by atoms with van der Waals surface area (Å²) in [5.41, 5.74) is 0.482. The quantitative estimate of drug-likeness (QED) is 0.590. The molecular weight excluding hydrogens is 166 g/mol. The lowest BCUT2D eigenvalue weighted by Gasteiger charge is -2.01. The van der Waals surface area contributed by atoms with Gasteiger partial charge >= 0.3 is 0 Å². The zero-order chi connectivity index (χ0) is 8.43. The van der Waals surface area contributed by atoms with Crippen LogP contribution in [0.5, 0.6) is 0 Å². The SMILES string of the molecule is CSc1cc(C)c(F)cc1F. The van der Waals surface area contributed by atoms with Crippen LogP contribution in [0.15, 0.2) is 17.0 Å². The smallest absolute Gasteiger partial charge is 0.139 e. The molecule has 0 aromatic heterocycles. The molecule has 1 aromatic carbocycles. The molecule has 0 fully saturated rings. The van der Waals surface area contributed by atoms with Crippen molar-refractivity contribution in [2.75, 3.05) is 6.26 Å². The van der Waals surface area contributed by atoms with Gasteiger partial charge in [-0.05, 0) is 24.8 Å². The summed E-state index contributed by atoms with van der Waals surface area (Å²) in [7, 11) is 0. The fourth-order valence-corrected chi connectivity index (χ4v) is 1.34. The van der Waals surface area contributed by atoms with Crippen LogP contribution in [-0.2, 0) is 0 Å². The normalized spacial score (nSPS) is 10.2. The van der Waals surface area contributed by atoms with E-state index >= 15 is 0 Å². The van der Waals surface area contributed by atoms with Crippen molar-refractivity contribution in [3.8, 4) is 0 Å². The van der Waals surface area contributed by atoms with Crippen molar-refractivity contribution in [1.82, 2.24) is 0 Å². The zero-order valence-electron chi connectivity index (χ0n) is 6.32. The molecule has 0 atom stereocenters. The van der Waals surface area contributed by atoms with E-state index in [1.807, 2.05) is 0 Å². The third-order valence-corrected chi connectivity index (χ3v) is 2.19. The molecule has 0 unspecified atom stereocenters. The van der Waals surface area contributed by atoms with Gasteiger partial charge in [0.05, 0.1) is 0 Å². The summed E-state index contributed by atoms with van der Waals surface area (Å²) in [4.78, 5) is 0.490. The molecule has 60 valence electrons.